The molecule has 2 aromatic heterocycles. The molecule has 1 aromatic carbocycles. The van der Waals surface area contributed by atoms with Crippen LogP contribution >= 0.6 is 22.9 Å². The van der Waals surface area contributed by atoms with Crippen molar-refractivity contribution in [1.29, 1.82) is 0 Å². The standard InChI is InChI=1S/C24H31ClN2O2S/c1-17(2)9-11-29-20-5-7-23-22(12-20)18(13-26-10-3-4-19(26)16-28)14-27(23)15-21-6-8-24(25)30-21/h5-8,12,14,17,19,28H,3-4,9-11,13,15-16H2,1-2H3/t19-/m0/s1. The average Bonchev–Trinajstić information content (AvgIpc) is 3.42. The summed E-state index contributed by atoms with van der Waals surface area (Å²) in [6.45, 7) is 8.12. The van der Waals surface area contributed by atoms with Crippen molar-refractivity contribution in [2.24, 2.45) is 5.92 Å². The van der Waals surface area contributed by atoms with Crippen LogP contribution in [-0.4, -0.2) is 40.4 Å². The van der Waals surface area contributed by atoms with Crippen LogP contribution in [0.3, 0.4) is 0 Å². The van der Waals surface area contributed by atoms with E-state index < -0.39 is 0 Å². The number of thiophene rings is 1. The first kappa shape index (κ1) is 21.7. The number of hydrogen-bond donors (Lipinski definition) is 1. The Kier molecular flexibility index (Phi) is 7.04. The second-order valence-corrected chi connectivity index (χ2v) is 10.4. The highest BCUT2D eigenvalue weighted by atomic mass is 35.5. The summed E-state index contributed by atoms with van der Waals surface area (Å²) in [5.41, 5.74) is 2.51. The van der Waals surface area contributed by atoms with E-state index in [0.717, 1.165) is 55.6 Å². The lowest BCUT2D eigenvalue weighted by molar-refractivity contribution is 0.154. The lowest BCUT2D eigenvalue weighted by atomic mass is 10.1. The Morgan fingerprint density at radius 2 is 2.10 bits per heavy atom. The maximum absolute atomic E-state index is 9.74. The van der Waals surface area contributed by atoms with Gasteiger partial charge in [-0.25, -0.2) is 0 Å². The van der Waals surface area contributed by atoms with Gasteiger partial charge in [-0.1, -0.05) is 25.4 Å². The van der Waals surface area contributed by atoms with E-state index in [-0.39, 0.29) is 12.6 Å². The molecular formula is C24H31ClN2O2S. The van der Waals surface area contributed by atoms with Gasteiger partial charge < -0.3 is 14.4 Å². The van der Waals surface area contributed by atoms with Gasteiger partial charge in [0.25, 0.3) is 0 Å². The highest BCUT2D eigenvalue weighted by Gasteiger charge is 2.25. The van der Waals surface area contributed by atoms with Crippen LogP contribution in [0, 0.1) is 5.92 Å². The molecule has 3 aromatic rings. The Balaban J connectivity index is 1.63. The molecule has 0 radical (unpaired) electrons. The molecule has 162 valence electrons. The largest absolute Gasteiger partial charge is 0.494 e. The summed E-state index contributed by atoms with van der Waals surface area (Å²) in [4.78, 5) is 3.66. The molecule has 4 rings (SSSR count). The average molecular weight is 447 g/mol. The second kappa shape index (κ2) is 9.73. The van der Waals surface area contributed by atoms with Gasteiger partial charge in [-0.3, -0.25) is 4.90 Å². The first-order valence-electron chi connectivity index (χ1n) is 10.9. The predicted octanol–water partition coefficient (Wildman–Crippen LogP) is 5.79. The first-order valence-corrected chi connectivity index (χ1v) is 12.1. The molecule has 3 heterocycles. The molecule has 0 amide bonds. The molecule has 0 saturated carbocycles. The lowest BCUT2D eigenvalue weighted by Gasteiger charge is -2.22. The van der Waals surface area contributed by atoms with Crippen LogP contribution in [-0.2, 0) is 13.1 Å². The monoisotopic (exact) mass is 446 g/mol. The number of ether oxygens (including phenoxy) is 1. The molecule has 0 unspecified atom stereocenters. The Morgan fingerprint density at radius 1 is 1.23 bits per heavy atom. The lowest BCUT2D eigenvalue weighted by Crippen LogP contribution is -2.31. The fraction of sp³-hybridized carbons (Fsp3) is 0.500. The van der Waals surface area contributed by atoms with Gasteiger partial charge in [-0.15, -0.1) is 11.3 Å². The van der Waals surface area contributed by atoms with E-state index in [2.05, 4.69) is 53.8 Å². The van der Waals surface area contributed by atoms with Crippen molar-refractivity contribution >= 4 is 33.8 Å². The first-order chi connectivity index (χ1) is 14.5. The second-order valence-electron chi connectivity index (χ2n) is 8.65. The van der Waals surface area contributed by atoms with Crippen LogP contribution in [0.4, 0.5) is 0 Å². The summed E-state index contributed by atoms with van der Waals surface area (Å²) >= 11 is 7.78. The Hall–Kier alpha value is -1.53. The molecule has 1 fully saturated rings. The number of hydrogen-bond acceptors (Lipinski definition) is 4. The van der Waals surface area contributed by atoms with Gasteiger partial charge in [0.1, 0.15) is 5.75 Å². The predicted molar refractivity (Wildman–Crippen MR) is 126 cm³/mol. The van der Waals surface area contributed by atoms with Gasteiger partial charge in [0.15, 0.2) is 0 Å². The van der Waals surface area contributed by atoms with Crippen molar-refractivity contribution < 1.29 is 9.84 Å². The summed E-state index contributed by atoms with van der Waals surface area (Å²) < 4.78 is 9.18. The van der Waals surface area contributed by atoms with Crippen molar-refractivity contribution in [3.05, 3.63) is 51.3 Å². The van der Waals surface area contributed by atoms with Crippen LogP contribution < -0.4 is 4.74 Å². The summed E-state index contributed by atoms with van der Waals surface area (Å²) in [5.74, 6) is 1.56. The number of aliphatic hydroxyl groups excluding tert-OH is 1. The zero-order chi connectivity index (χ0) is 21.1. The number of fused-ring (bicyclic) bond motifs is 1. The summed E-state index contributed by atoms with van der Waals surface area (Å²) in [6.07, 6.45) is 5.55. The SMILES string of the molecule is CC(C)CCOc1ccc2c(c1)c(CN1CCC[C@H]1CO)cn2Cc1ccc(Cl)s1. The van der Waals surface area contributed by atoms with Gasteiger partial charge in [-0.05, 0) is 67.6 Å². The third-order valence-electron chi connectivity index (χ3n) is 5.94. The van der Waals surface area contributed by atoms with Gasteiger partial charge in [0.05, 0.1) is 24.1 Å². The molecule has 1 aliphatic heterocycles. The van der Waals surface area contributed by atoms with Gasteiger partial charge in [0.2, 0.25) is 0 Å². The van der Waals surface area contributed by atoms with Crippen LogP contribution in [0.2, 0.25) is 4.34 Å². The zero-order valence-corrected chi connectivity index (χ0v) is 19.4. The van der Waals surface area contributed by atoms with E-state index in [1.54, 1.807) is 11.3 Å². The number of likely N-dealkylation sites (tertiary alicyclic amines) is 1. The molecular weight excluding hydrogens is 416 g/mol. The Bertz CT molecular complexity index is 981. The Morgan fingerprint density at radius 3 is 2.83 bits per heavy atom. The van der Waals surface area contributed by atoms with Crippen molar-refractivity contribution in [3.63, 3.8) is 0 Å². The number of benzene rings is 1. The van der Waals surface area contributed by atoms with Crippen LogP contribution in [0.1, 0.15) is 43.6 Å². The number of halogens is 1. The van der Waals surface area contributed by atoms with Crippen LogP contribution in [0.5, 0.6) is 5.75 Å². The number of rotatable bonds is 9. The third-order valence-corrected chi connectivity index (χ3v) is 7.15. The van der Waals surface area contributed by atoms with Gasteiger partial charge in [0, 0.05) is 34.6 Å². The van der Waals surface area contributed by atoms with Crippen molar-refractivity contribution in [3.8, 4) is 5.75 Å². The van der Waals surface area contributed by atoms with E-state index in [0.29, 0.717) is 5.92 Å². The van der Waals surface area contributed by atoms with Crippen LogP contribution in [0.15, 0.2) is 36.5 Å². The molecule has 4 nitrogen and oxygen atoms in total. The number of nitrogens with zero attached hydrogens (tertiary/aromatic N) is 2. The highest BCUT2D eigenvalue weighted by molar-refractivity contribution is 7.16. The van der Waals surface area contributed by atoms with E-state index >= 15 is 0 Å². The summed E-state index contributed by atoms with van der Waals surface area (Å²) in [6, 6.07) is 10.8. The van der Waals surface area contributed by atoms with E-state index in [1.807, 2.05) is 6.07 Å². The smallest absolute Gasteiger partial charge is 0.120 e. The van der Waals surface area contributed by atoms with Crippen LogP contribution in [0.25, 0.3) is 10.9 Å². The van der Waals surface area contributed by atoms with Gasteiger partial charge >= 0.3 is 0 Å². The topological polar surface area (TPSA) is 37.6 Å². The van der Waals surface area contributed by atoms with Crippen molar-refractivity contribution in [2.75, 3.05) is 19.8 Å². The molecule has 1 N–H and O–H groups in total. The number of aliphatic hydroxyl groups is 1. The fourth-order valence-electron chi connectivity index (χ4n) is 4.24. The highest BCUT2D eigenvalue weighted by Crippen LogP contribution is 2.31. The normalized spacial score (nSPS) is 17.4. The summed E-state index contributed by atoms with van der Waals surface area (Å²) in [5, 5.41) is 11.0. The fourth-order valence-corrected chi connectivity index (χ4v) is 5.33. The number of aromatic nitrogens is 1. The molecule has 1 atom stereocenters. The maximum Gasteiger partial charge on any atom is 0.120 e. The zero-order valence-electron chi connectivity index (χ0n) is 17.8. The molecule has 30 heavy (non-hydrogen) atoms. The third kappa shape index (κ3) is 5.02. The van der Waals surface area contributed by atoms with Crippen molar-refractivity contribution in [2.45, 2.75) is 52.2 Å². The van der Waals surface area contributed by atoms with E-state index in [1.165, 1.54) is 21.3 Å². The molecule has 1 aliphatic rings. The van der Waals surface area contributed by atoms with E-state index in [4.69, 9.17) is 16.3 Å². The molecule has 0 spiro atoms. The minimum absolute atomic E-state index is 0.232. The molecule has 6 heteroatoms. The minimum atomic E-state index is 0.232. The molecule has 0 aliphatic carbocycles. The van der Waals surface area contributed by atoms with Gasteiger partial charge in [-0.2, -0.15) is 0 Å². The minimum Gasteiger partial charge on any atom is -0.494 e. The molecule has 1 saturated heterocycles. The maximum atomic E-state index is 9.74. The Labute approximate surface area is 188 Å². The van der Waals surface area contributed by atoms with E-state index in [9.17, 15) is 5.11 Å². The molecule has 0 bridgehead atoms. The quantitative estimate of drug-likeness (QED) is 0.452. The van der Waals surface area contributed by atoms with Crippen molar-refractivity contribution in [1.82, 2.24) is 9.47 Å². The summed E-state index contributed by atoms with van der Waals surface area (Å²) in [7, 11) is 0.